The molecule has 0 aliphatic carbocycles. The zero-order chi connectivity index (χ0) is 10.7. The van der Waals surface area contributed by atoms with Crippen LogP contribution in [0.1, 0.15) is 12.8 Å². The van der Waals surface area contributed by atoms with Gasteiger partial charge in [-0.2, -0.15) is 0 Å². The van der Waals surface area contributed by atoms with Crippen LogP contribution in [-0.4, -0.2) is 31.1 Å². The molecule has 17 heavy (non-hydrogen) atoms. The van der Waals surface area contributed by atoms with E-state index in [4.69, 9.17) is 10.5 Å². The van der Waals surface area contributed by atoms with Crippen LogP contribution in [0.5, 0.6) is 5.75 Å². The van der Waals surface area contributed by atoms with Gasteiger partial charge in [0.2, 0.25) is 0 Å². The van der Waals surface area contributed by atoms with Crippen molar-refractivity contribution < 1.29 is 4.74 Å². The molecule has 0 aromatic heterocycles. The molecule has 1 aromatic carbocycles. The van der Waals surface area contributed by atoms with Gasteiger partial charge in [-0.15, -0.1) is 24.8 Å². The highest BCUT2D eigenvalue weighted by atomic mass is 35.5. The van der Waals surface area contributed by atoms with E-state index in [1.165, 1.54) is 13.0 Å². The van der Waals surface area contributed by atoms with Crippen molar-refractivity contribution in [1.82, 2.24) is 4.90 Å². The molecule has 1 aliphatic rings. The van der Waals surface area contributed by atoms with Gasteiger partial charge in [-0.3, -0.25) is 0 Å². The highest BCUT2D eigenvalue weighted by molar-refractivity contribution is 5.85. The maximum atomic E-state index is 5.88. The second-order valence-corrected chi connectivity index (χ2v) is 4.21. The molecule has 0 radical (unpaired) electrons. The first-order chi connectivity index (χ1) is 7.24. The van der Waals surface area contributed by atoms with Crippen LogP contribution in [0.25, 0.3) is 0 Å². The summed E-state index contributed by atoms with van der Waals surface area (Å²) in [6, 6.07) is 7.62. The van der Waals surface area contributed by atoms with Crippen LogP contribution in [0.3, 0.4) is 0 Å². The van der Waals surface area contributed by atoms with E-state index in [2.05, 4.69) is 11.9 Å². The monoisotopic (exact) mass is 278 g/mol. The number of hydrogen-bond donors (Lipinski definition) is 1. The maximum Gasteiger partial charge on any atom is 0.119 e. The Balaban J connectivity index is 0.00000128. The number of rotatable bonds is 2. The molecule has 1 fully saturated rings. The minimum absolute atomic E-state index is 0. The van der Waals surface area contributed by atoms with E-state index in [1.807, 2.05) is 24.3 Å². The van der Waals surface area contributed by atoms with Gasteiger partial charge in [-0.25, -0.2) is 0 Å². The number of likely N-dealkylation sites (N-methyl/N-ethyl adjacent to an activating group) is 1. The van der Waals surface area contributed by atoms with E-state index < -0.39 is 0 Å². The summed E-state index contributed by atoms with van der Waals surface area (Å²) in [4.78, 5) is 2.31. The zero-order valence-electron chi connectivity index (χ0n) is 9.96. The quantitative estimate of drug-likeness (QED) is 0.846. The lowest BCUT2D eigenvalue weighted by Gasteiger charge is -2.30. The van der Waals surface area contributed by atoms with Gasteiger partial charge in [0, 0.05) is 12.2 Å². The van der Waals surface area contributed by atoms with Crippen LogP contribution in [-0.2, 0) is 0 Å². The highest BCUT2D eigenvalue weighted by Crippen LogP contribution is 2.18. The number of benzene rings is 1. The third kappa shape index (κ3) is 5.02. The predicted octanol–water partition coefficient (Wildman–Crippen LogP) is 2.59. The van der Waals surface area contributed by atoms with Crippen LogP contribution in [0.4, 0.5) is 5.69 Å². The van der Waals surface area contributed by atoms with E-state index in [0.717, 1.165) is 24.4 Å². The van der Waals surface area contributed by atoms with Crippen molar-refractivity contribution in [2.24, 2.45) is 0 Å². The molecule has 0 saturated carbocycles. The first-order valence-electron chi connectivity index (χ1n) is 5.45. The molecule has 98 valence electrons. The van der Waals surface area contributed by atoms with Crippen molar-refractivity contribution >= 4 is 30.5 Å². The Bertz CT molecular complexity index is 319. The number of nitrogen functional groups attached to an aromatic ring is 1. The number of nitrogens with two attached hydrogens (primary N) is 1. The fraction of sp³-hybridized carbons (Fsp3) is 0.500. The Morgan fingerprint density at radius 1 is 1.24 bits per heavy atom. The third-order valence-corrected chi connectivity index (χ3v) is 2.76. The smallest absolute Gasteiger partial charge is 0.119 e. The molecular formula is C12H20Cl2N2O. The third-order valence-electron chi connectivity index (χ3n) is 2.76. The molecule has 1 aromatic rings. The second-order valence-electron chi connectivity index (χ2n) is 4.21. The summed E-state index contributed by atoms with van der Waals surface area (Å²) >= 11 is 0. The van der Waals surface area contributed by atoms with E-state index in [1.54, 1.807) is 0 Å². The molecule has 1 saturated heterocycles. The molecular weight excluding hydrogens is 259 g/mol. The lowest BCUT2D eigenvalue weighted by molar-refractivity contribution is 0.104. The summed E-state index contributed by atoms with van der Waals surface area (Å²) in [5.41, 5.74) is 6.40. The molecule has 1 aliphatic heterocycles. The van der Waals surface area contributed by atoms with E-state index in [-0.39, 0.29) is 24.8 Å². The fourth-order valence-electron chi connectivity index (χ4n) is 1.95. The number of anilines is 1. The molecule has 0 bridgehead atoms. The van der Waals surface area contributed by atoms with Crippen LogP contribution in [0.15, 0.2) is 24.3 Å². The molecule has 0 amide bonds. The minimum Gasteiger partial charge on any atom is -0.489 e. The molecule has 1 unspecified atom stereocenters. The first kappa shape index (κ1) is 16.4. The van der Waals surface area contributed by atoms with Gasteiger partial charge in [0.25, 0.3) is 0 Å². The summed E-state index contributed by atoms with van der Waals surface area (Å²) in [6.07, 6.45) is 2.69. The fourth-order valence-corrected chi connectivity index (χ4v) is 1.95. The standard InChI is InChI=1S/C12H18N2O.2ClH/c1-14-8-2-3-12(9-14)15-11-6-4-10(13)5-7-11;;/h4-7,12H,2-3,8-9,13H2,1H3;2*1H. The summed E-state index contributed by atoms with van der Waals surface area (Å²) < 4.78 is 5.88. The maximum absolute atomic E-state index is 5.88. The number of halogens is 2. The van der Waals surface area contributed by atoms with Gasteiger partial charge in [0.15, 0.2) is 0 Å². The Morgan fingerprint density at radius 3 is 2.47 bits per heavy atom. The number of nitrogens with zero attached hydrogens (tertiary/aromatic N) is 1. The summed E-state index contributed by atoms with van der Waals surface area (Å²) in [6.45, 7) is 2.20. The second kappa shape index (κ2) is 7.64. The lowest BCUT2D eigenvalue weighted by atomic mass is 10.1. The largest absolute Gasteiger partial charge is 0.489 e. The number of hydrogen-bond acceptors (Lipinski definition) is 3. The van der Waals surface area contributed by atoms with Gasteiger partial charge in [-0.05, 0) is 50.7 Å². The van der Waals surface area contributed by atoms with E-state index in [9.17, 15) is 0 Å². The van der Waals surface area contributed by atoms with E-state index >= 15 is 0 Å². The summed E-state index contributed by atoms with van der Waals surface area (Å²) in [5.74, 6) is 0.921. The Kier molecular flexibility index (Phi) is 7.35. The molecule has 5 heteroatoms. The van der Waals surface area contributed by atoms with Crippen molar-refractivity contribution in [3.05, 3.63) is 24.3 Å². The van der Waals surface area contributed by atoms with Crippen molar-refractivity contribution in [3.63, 3.8) is 0 Å². The van der Waals surface area contributed by atoms with Gasteiger partial charge in [0.05, 0.1) is 0 Å². The van der Waals surface area contributed by atoms with Crippen molar-refractivity contribution in [1.29, 1.82) is 0 Å². The SMILES string of the molecule is CN1CCCC(Oc2ccc(N)cc2)C1.Cl.Cl. The molecule has 1 heterocycles. The Hall–Kier alpha value is -0.640. The number of likely N-dealkylation sites (tertiary alicyclic amines) is 1. The average Bonchev–Trinajstić information content (AvgIpc) is 2.22. The number of piperidine rings is 1. The van der Waals surface area contributed by atoms with Crippen LogP contribution < -0.4 is 10.5 Å². The normalized spacial score (nSPS) is 19.9. The molecule has 2 N–H and O–H groups in total. The van der Waals surface area contributed by atoms with Crippen LogP contribution in [0.2, 0.25) is 0 Å². The molecule has 2 rings (SSSR count). The van der Waals surface area contributed by atoms with Gasteiger partial charge in [-0.1, -0.05) is 0 Å². The number of ether oxygens (including phenoxy) is 1. The van der Waals surface area contributed by atoms with Crippen LogP contribution >= 0.6 is 24.8 Å². The van der Waals surface area contributed by atoms with Gasteiger partial charge >= 0.3 is 0 Å². The van der Waals surface area contributed by atoms with Crippen molar-refractivity contribution in [3.8, 4) is 5.75 Å². The molecule has 1 atom stereocenters. The zero-order valence-corrected chi connectivity index (χ0v) is 11.6. The lowest BCUT2D eigenvalue weighted by Crippen LogP contribution is -2.38. The first-order valence-corrected chi connectivity index (χ1v) is 5.45. The van der Waals surface area contributed by atoms with Gasteiger partial charge < -0.3 is 15.4 Å². The summed E-state index contributed by atoms with van der Waals surface area (Å²) in [5, 5.41) is 0. The average molecular weight is 279 g/mol. The van der Waals surface area contributed by atoms with E-state index in [0.29, 0.717) is 6.10 Å². The van der Waals surface area contributed by atoms with Crippen LogP contribution in [0, 0.1) is 0 Å². The van der Waals surface area contributed by atoms with Crippen molar-refractivity contribution in [2.75, 3.05) is 25.9 Å². The predicted molar refractivity (Wildman–Crippen MR) is 76.5 cm³/mol. The Morgan fingerprint density at radius 2 is 1.88 bits per heavy atom. The van der Waals surface area contributed by atoms with Crippen molar-refractivity contribution in [2.45, 2.75) is 18.9 Å². The minimum atomic E-state index is 0. The Labute approximate surface area is 115 Å². The summed E-state index contributed by atoms with van der Waals surface area (Å²) in [7, 11) is 2.14. The topological polar surface area (TPSA) is 38.5 Å². The highest BCUT2D eigenvalue weighted by Gasteiger charge is 2.18. The van der Waals surface area contributed by atoms with Gasteiger partial charge in [0.1, 0.15) is 11.9 Å². The molecule has 3 nitrogen and oxygen atoms in total. The molecule has 0 spiro atoms.